The minimum Gasteiger partial charge on any atom is -0.490 e. The number of hydrogen-bond acceptors (Lipinski definition) is 11. The van der Waals surface area contributed by atoms with Gasteiger partial charge in [0.1, 0.15) is 17.7 Å². The van der Waals surface area contributed by atoms with E-state index in [1.54, 1.807) is 18.6 Å². The van der Waals surface area contributed by atoms with Gasteiger partial charge in [0.05, 0.1) is 32.2 Å². The van der Waals surface area contributed by atoms with Crippen molar-refractivity contribution in [2.24, 2.45) is 5.92 Å². The first kappa shape index (κ1) is 29.3. The lowest BCUT2D eigenvalue weighted by atomic mass is 9.93. The highest BCUT2D eigenvalue weighted by Crippen LogP contribution is 2.30. The maximum Gasteiger partial charge on any atom is 0.305 e. The van der Waals surface area contributed by atoms with Crippen molar-refractivity contribution in [3.63, 3.8) is 0 Å². The summed E-state index contributed by atoms with van der Waals surface area (Å²) in [6.45, 7) is 8.20. The molecule has 0 spiro atoms. The fourth-order valence-electron chi connectivity index (χ4n) is 5.58. The van der Waals surface area contributed by atoms with Crippen LogP contribution in [0.5, 0.6) is 11.5 Å². The summed E-state index contributed by atoms with van der Waals surface area (Å²) in [5.41, 5.74) is 0. The number of nitrogens with zero attached hydrogens (tertiary/aromatic N) is 6. The second-order valence-corrected chi connectivity index (χ2v) is 10.6. The number of piperidine rings is 2. The normalized spacial score (nSPS) is 18.8. The van der Waals surface area contributed by atoms with Crippen molar-refractivity contribution < 1.29 is 19.0 Å². The summed E-state index contributed by atoms with van der Waals surface area (Å²) in [6.07, 6.45) is 10.6. The van der Waals surface area contributed by atoms with E-state index in [1.165, 1.54) is 0 Å². The topological polar surface area (TPSA) is 115 Å². The smallest absolute Gasteiger partial charge is 0.305 e. The van der Waals surface area contributed by atoms with E-state index in [-0.39, 0.29) is 12.1 Å². The predicted molar refractivity (Wildman–Crippen MR) is 162 cm³/mol. The minimum absolute atomic E-state index is 0.0180. The van der Waals surface area contributed by atoms with Gasteiger partial charge in [-0.1, -0.05) is 12.1 Å². The van der Waals surface area contributed by atoms with E-state index < -0.39 is 0 Å². The molecule has 2 atom stereocenters. The molecule has 2 unspecified atom stereocenters. The van der Waals surface area contributed by atoms with Crippen LogP contribution in [0.4, 0.5) is 23.4 Å². The van der Waals surface area contributed by atoms with E-state index in [2.05, 4.69) is 25.1 Å². The molecule has 1 N–H and O–H groups in total. The number of anilines is 4. The minimum atomic E-state index is -0.119. The third-order valence-electron chi connectivity index (χ3n) is 7.55. The number of carbonyl (C=O) groups excluding carboxylic acids is 1. The standard InChI is InChI=1S/C31H41N7O4/c1-3-40-25-11-5-6-12-26(25)42-24-10-8-18-38(22-24)29-20-32-19-27(34-29)35-31-33-16-15-28(36-31)37-17-7-9-23(21-37)13-14-30(39)41-4-2/h5-6,11-12,15-16,19-20,23-24H,3-4,7-10,13-14,17-18,21-22H2,1-2H3,(H,33,34,35,36). The molecule has 1 aromatic carbocycles. The maximum absolute atomic E-state index is 11.8. The summed E-state index contributed by atoms with van der Waals surface area (Å²) < 4.78 is 17.2. The third kappa shape index (κ3) is 7.98. The number of ether oxygens (including phenoxy) is 3. The van der Waals surface area contributed by atoms with E-state index in [0.29, 0.717) is 43.9 Å². The molecule has 224 valence electrons. The largest absolute Gasteiger partial charge is 0.490 e. The first-order valence-electron chi connectivity index (χ1n) is 15.1. The second kappa shape index (κ2) is 14.7. The third-order valence-corrected chi connectivity index (χ3v) is 7.55. The molecule has 2 aliphatic rings. The quantitative estimate of drug-likeness (QED) is 0.294. The Labute approximate surface area is 247 Å². The summed E-state index contributed by atoms with van der Waals surface area (Å²) in [7, 11) is 0. The highest BCUT2D eigenvalue weighted by Gasteiger charge is 2.25. The lowest BCUT2D eigenvalue weighted by Crippen LogP contribution is -2.41. The summed E-state index contributed by atoms with van der Waals surface area (Å²) in [4.78, 5) is 34.8. The van der Waals surface area contributed by atoms with Crippen LogP contribution < -0.4 is 24.6 Å². The Kier molecular flexibility index (Phi) is 10.2. The first-order chi connectivity index (χ1) is 20.6. The summed E-state index contributed by atoms with van der Waals surface area (Å²) in [5, 5.41) is 3.24. The lowest BCUT2D eigenvalue weighted by molar-refractivity contribution is -0.143. The molecule has 2 aliphatic heterocycles. The fraction of sp³-hybridized carbons (Fsp3) is 0.516. The van der Waals surface area contributed by atoms with Gasteiger partial charge in [-0.15, -0.1) is 0 Å². The number of nitrogens with one attached hydrogen (secondary N) is 1. The van der Waals surface area contributed by atoms with Crippen LogP contribution in [0.1, 0.15) is 52.4 Å². The van der Waals surface area contributed by atoms with Gasteiger partial charge in [-0.3, -0.25) is 9.78 Å². The zero-order valence-corrected chi connectivity index (χ0v) is 24.6. The molecule has 4 heterocycles. The van der Waals surface area contributed by atoms with Crippen molar-refractivity contribution in [1.82, 2.24) is 19.9 Å². The summed E-state index contributed by atoms with van der Waals surface area (Å²) in [5.74, 6) is 4.54. The van der Waals surface area contributed by atoms with Crippen molar-refractivity contribution in [2.75, 3.05) is 54.5 Å². The highest BCUT2D eigenvalue weighted by molar-refractivity contribution is 5.69. The van der Waals surface area contributed by atoms with E-state index >= 15 is 0 Å². The average molecular weight is 576 g/mol. The first-order valence-corrected chi connectivity index (χ1v) is 15.1. The fourth-order valence-corrected chi connectivity index (χ4v) is 5.58. The van der Waals surface area contributed by atoms with Crippen LogP contribution in [-0.2, 0) is 9.53 Å². The van der Waals surface area contributed by atoms with Gasteiger partial charge in [0.15, 0.2) is 17.3 Å². The summed E-state index contributed by atoms with van der Waals surface area (Å²) in [6, 6.07) is 9.74. The lowest BCUT2D eigenvalue weighted by Gasteiger charge is -2.34. The molecule has 11 heteroatoms. The Morgan fingerprint density at radius 2 is 1.76 bits per heavy atom. The van der Waals surface area contributed by atoms with Gasteiger partial charge in [0.25, 0.3) is 0 Å². The second-order valence-electron chi connectivity index (χ2n) is 10.6. The van der Waals surface area contributed by atoms with E-state index in [9.17, 15) is 4.79 Å². The Bertz CT molecular complexity index is 1310. The van der Waals surface area contributed by atoms with Gasteiger partial charge >= 0.3 is 5.97 Å². The molecule has 0 bridgehead atoms. The van der Waals surface area contributed by atoms with Crippen molar-refractivity contribution in [1.29, 1.82) is 0 Å². The van der Waals surface area contributed by atoms with Crippen molar-refractivity contribution in [3.8, 4) is 11.5 Å². The number of hydrogen-bond donors (Lipinski definition) is 1. The highest BCUT2D eigenvalue weighted by atomic mass is 16.5. The van der Waals surface area contributed by atoms with Crippen LogP contribution in [-0.4, -0.2) is 71.4 Å². The zero-order valence-electron chi connectivity index (χ0n) is 24.6. The van der Waals surface area contributed by atoms with E-state index in [0.717, 1.165) is 74.9 Å². The molecular weight excluding hydrogens is 534 g/mol. The Morgan fingerprint density at radius 3 is 2.60 bits per heavy atom. The summed E-state index contributed by atoms with van der Waals surface area (Å²) >= 11 is 0. The molecule has 2 saturated heterocycles. The van der Waals surface area contributed by atoms with Crippen LogP contribution >= 0.6 is 0 Å². The number of aromatic nitrogens is 4. The number of esters is 1. The van der Waals surface area contributed by atoms with Gasteiger partial charge in [-0.2, -0.15) is 4.98 Å². The number of benzene rings is 1. The van der Waals surface area contributed by atoms with E-state index in [1.807, 2.05) is 44.2 Å². The van der Waals surface area contributed by atoms with Crippen LogP contribution in [0, 0.1) is 5.92 Å². The molecule has 2 aromatic heterocycles. The van der Waals surface area contributed by atoms with E-state index in [4.69, 9.17) is 24.2 Å². The van der Waals surface area contributed by atoms with Crippen molar-refractivity contribution in [3.05, 3.63) is 48.9 Å². The number of para-hydroxylation sites is 2. The van der Waals surface area contributed by atoms with Crippen LogP contribution in [0.3, 0.4) is 0 Å². The molecule has 0 saturated carbocycles. The molecule has 5 rings (SSSR count). The predicted octanol–water partition coefficient (Wildman–Crippen LogP) is 5.02. The van der Waals surface area contributed by atoms with Crippen LogP contribution in [0.2, 0.25) is 0 Å². The van der Waals surface area contributed by atoms with Gasteiger partial charge in [-0.25, -0.2) is 9.97 Å². The SMILES string of the molecule is CCOC(=O)CCC1CCCN(c2ccnc(Nc3cncc(N4CCCC(Oc5ccccc5OCC)C4)n3)n2)C1. The van der Waals surface area contributed by atoms with Gasteiger partial charge < -0.3 is 29.3 Å². The monoisotopic (exact) mass is 575 g/mol. The molecular formula is C31H41N7O4. The Morgan fingerprint density at radius 1 is 0.952 bits per heavy atom. The zero-order chi connectivity index (χ0) is 29.1. The number of carbonyl (C=O) groups is 1. The average Bonchev–Trinajstić information content (AvgIpc) is 3.02. The molecule has 3 aromatic rings. The van der Waals surface area contributed by atoms with Crippen LogP contribution in [0.15, 0.2) is 48.9 Å². The van der Waals surface area contributed by atoms with Crippen LogP contribution in [0.25, 0.3) is 0 Å². The number of rotatable bonds is 12. The van der Waals surface area contributed by atoms with Gasteiger partial charge in [0.2, 0.25) is 5.95 Å². The van der Waals surface area contributed by atoms with Gasteiger partial charge in [-0.05, 0) is 70.1 Å². The van der Waals surface area contributed by atoms with Crippen molar-refractivity contribution >= 4 is 29.4 Å². The Balaban J connectivity index is 1.20. The molecule has 2 fully saturated rings. The maximum atomic E-state index is 11.8. The van der Waals surface area contributed by atoms with Gasteiger partial charge in [0, 0.05) is 32.3 Å². The molecule has 42 heavy (non-hydrogen) atoms. The molecule has 0 radical (unpaired) electrons. The molecule has 0 amide bonds. The molecule has 0 aliphatic carbocycles. The molecule has 11 nitrogen and oxygen atoms in total. The van der Waals surface area contributed by atoms with Crippen molar-refractivity contribution in [2.45, 2.75) is 58.5 Å². The Hall–Kier alpha value is -4.15.